The standard InChI is InChI=1S/C15H27N3O3/c1-3-4-5-6-14(20)16-8-7-15(21)18-11-9-17(10-12-18)13(2)19/h3-12H2,1-2H3,(H,16,20). The highest BCUT2D eigenvalue weighted by atomic mass is 16.2. The molecule has 0 spiro atoms. The Morgan fingerprint density at radius 2 is 1.57 bits per heavy atom. The molecule has 0 saturated carbocycles. The molecule has 0 aromatic heterocycles. The number of carbonyl (C=O) groups excluding carboxylic acids is 3. The van der Waals surface area contributed by atoms with E-state index in [4.69, 9.17) is 0 Å². The molecular weight excluding hydrogens is 270 g/mol. The third-order valence-electron chi connectivity index (χ3n) is 3.75. The molecule has 6 nitrogen and oxygen atoms in total. The Labute approximate surface area is 126 Å². The monoisotopic (exact) mass is 297 g/mol. The first kappa shape index (κ1) is 17.5. The third kappa shape index (κ3) is 6.60. The summed E-state index contributed by atoms with van der Waals surface area (Å²) < 4.78 is 0. The second-order valence-electron chi connectivity index (χ2n) is 5.44. The van der Waals surface area contributed by atoms with Gasteiger partial charge in [0.15, 0.2) is 0 Å². The van der Waals surface area contributed by atoms with Crippen molar-refractivity contribution < 1.29 is 14.4 Å². The van der Waals surface area contributed by atoms with E-state index in [0.717, 1.165) is 19.3 Å². The first-order valence-electron chi connectivity index (χ1n) is 7.84. The van der Waals surface area contributed by atoms with Crippen LogP contribution >= 0.6 is 0 Å². The van der Waals surface area contributed by atoms with Crippen LogP contribution in [0.15, 0.2) is 0 Å². The fourth-order valence-corrected chi connectivity index (χ4v) is 2.36. The van der Waals surface area contributed by atoms with E-state index in [1.165, 1.54) is 0 Å². The van der Waals surface area contributed by atoms with Crippen molar-refractivity contribution in [3.63, 3.8) is 0 Å². The Morgan fingerprint density at radius 1 is 0.952 bits per heavy atom. The number of nitrogens with one attached hydrogen (secondary N) is 1. The van der Waals surface area contributed by atoms with Crippen LogP contribution < -0.4 is 5.32 Å². The Bertz CT molecular complexity index is 363. The number of nitrogens with zero attached hydrogens (tertiary/aromatic N) is 2. The molecule has 1 saturated heterocycles. The number of carbonyl (C=O) groups is 3. The molecule has 0 aliphatic carbocycles. The minimum absolute atomic E-state index is 0.0256. The van der Waals surface area contributed by atoms with Crippen molar-refractivity contribution in [2.45, 2.75) is 46.0 Å². The molecule has 0 aromatic carbocycles. The van der Waals surface area contributed by atoms with Crippen LogP contribution in [0, 0.1) is 0 Å². The molecule has 0 aromatic rings. The van der Waals surface area contributed by atoms with Gasteiger partial charge in [-0.1, -0.05) is 19.8 Å². The lowest BCUT2D eigenvalue weighted by atomic mass is 10.2. The fraction of sp³-hybridized carbons (Fsp3) is 0.800. The van der Waals surface area contributed by atoms with Crippen molar-refractivity contribution >= 4 is 17.7 Å². The summed E-state index contributed by atoms with van der Waals surface area (Å²) in [5, 5.41) is 2.79. The third-order valence-corrected chi connectivity index (χ3v) is 3.75. The van der Waals surface area contributed by atoms with Crippen LogP contribution in [-0.4, -0.2) is 60.2 Å². The molecule has 0 bridgehead atoms. The first-order chi connectivity index (χ1) is 10.0. The van der Waals surface area contributed by atoms with Gasteiger partial charge in [0.2, 0.25) is 17.7 Å². The van der Waals surface area contributed by atoms with E-state index in [-0.39, 0.29) is 17.7 Å². The van der Waals surface area contributed by atoms with Crippen molar-refractivity contribution in [1.82, 2.24) is 15.1 Å². The van der Waals surface area contributed by atoms with E-state index in [0.29, 0.717) is 45.6 Å². The zero-order valence-corrected chi connectivity index (χ0v) is 13.2. The van der Waals surface area contributed by atoms with Crippen LogP contribution in [-0.2, 0) is 14.4 Å². The van der Waals surface area contributed by atoms with Gasteiger partial charge in [-0.05, 0) is 6.42 Å². The number of unbranched alkanes of at least 4 members (excludes halogenated alkanes) is 2. The molecule has 0 radical (unpaired) electrons. The Hall–Kier alpha value is -1.59. The highest BCUT2D eigenvalue weighted by Gasteiger charge is 2.21. The summed E-state index contributed by atoms with van der Waals surface area (Å²) in [6, 6.07) is 0. The second kappa shape index (κ2) is 9.37. The van der Waals surface area contributed by atoms with Gasteiger partial charge in [-0.3, -0.25) is 14.4 Å². The first-order valence-corrected chi connectivity index (χ1v) is 7.84. The van der Waals surface area contributed by atoms with Gasteiger partial charge >= 0.3 is 0 Å². The molecule has 0 atom stereocenters. The smallest absolute Gasteiger partial charge is 0.224 e. The van der Waals surface area contributed by atoms with Crippen LogP contribution in [0.25, 0.3) is 0 Å². The molecule has 1 heterocycles. The number of hydrogen-bond donors (Lipinski definition) is 1. The maximum atomic E-state index is 12.0. The zero-order valence-electron chi connectivity index (χ0n) is 13.2. The number of amides is 3. The van der Waals surface area contributed by atoms with Crippen molar-refractivity contribution in [3.8, 4) is 0 Å². The maximum Gasteiger partial charge on any atom is 0.224 e. The Balaban J connectivity index is 2.14. The van der Waals surface area contributed by atoms with Gasteiger partial charge in [0.1, 0.15) is 0 Å². The molecule has 1 rings (SSSR count). The number of piperazine rings is 1. The summed E-state index contributed by atoms with van der Waals surface area (Å²) in [5.41, 5.74) is 0. The minimum atomic E-state index is 0.0256. The van der Waals surface area contributed by atoms with Crippen LogP contribution in [0.4, 0.5) is 0 Å². The van der Waals surface area contributed by atoms with E-state index in [1.54, 1.807) is 16.7 Å². The summed E-state index contributed by atoms with van der Waals surface area (Å²) >= 11 is 0. The highest BCUT2D eigenvalue weighted by molar-refractivity contribution is 5.79. The minimum Gasteiger partial charge on any atom is -0.356 e. The molecule has 1 aliphatic rings. The van der Waals surface area contributed by atoms with E-state index in [2.05, 4.69) is 12.2 Å². The molecule has 3 amide bonds. The molecule has 1 fully saturated rings. The van der Waals surface area contributed by atoms with E-state index < -0.39 is 0 Å². The van der Waals surface area contributed by atoms with E-state index >= 15 is 0 Å². The van der Waals surface area contributed by atoms with Gasteiger partial charge in [-0.25, -0.2) is 0 Å². The van der Waals surface area contributed by atoms with Crippen molar-refractivity contribution in [2.24, 2.45) is 0 Å². The predicted molar refractivity (Wildman–Crippen MR) is 80.6 cm³/mol. The van der Waals surface area contributed by atoms with Gasteiger partial charge in [-0.2, -0.15) is 0 Å². The largest absolute Gasteiger partial charge is 0.356 e. The van der Waals surface area contributed by atoms with Crippen molar-refractivity contribution in [2.75, 3.05) is 32.7 Å². The van der Waals surface area contributed by atoms with E-state index in [1.807, 2.05) is 0 Å². The average Bonchev–Trinajstić information content (AvgIpc) is 2.47. The average molecular weight is 297 g/mol. The van der Waals surface area contributed by atoms with Gasteiger partial charge in [0.05, 0.1) is 0 Å². The molecule has 6 heteroatoms. The number of rotatable bonds is 7. The molecular formula is C15H27N3O3. The SMILES string of the molecule is CCCCCC(=O)NCCC(=O)N1CCN(C(C)=O)CC1. The molecule has 1 aliphatic heterocycles. The summed E-state index contributed by atoms with van der Waals surface area (Å²) in [6.07, 6.45) is 3.94. The van der Waals surface area contributed by atoms with E-state index in [9.17, 15) is 14.4 Å². The van der Waals surface area contributed by atoms with Crippen LogP contribution in [0.1, 0.15) is 46.0 Å². The molecule has 120 valence electrons. The maximum absolute atomic E-state index is 12.0. The Morgan fingerprint density at radius 3 is 2.14 bits per heavy atom. The molecule has 1 N–H and O–H groups in total. The zero-order chi connectivity index (χ0) is 15.7. The summed E-state index contributed by atoms with van der Waals surface area (Å²) in [6.45, 7) is 6.42. The number of hydrogen-bond acceptors (Lipinski definition) is 3. The normalized spacial score (nSPS) is 15.0. The lowest BCUT2D eigenvalue weighted by molar-refractivity contribution is -0.138. The quantitative estimate of drug-likeness (QED) is 0.705. The summed E-state index contributed by atoms with van der Waals surface area (Å²) in [7, 11) is 0. The second-order valence-corrected chi connectivity index (χ2v) is 5.44. The molecule has 21 heavy (non-hydrogen) atoms. The predicted octanol–water partition coefficient (Wildman–Crippen LogP) is 0.764. The molecule has 0 unspecified atom stereocenters. The lowest BCUT2D eigenvalue weighted by Gasteiger charge is -2.34. The fourth-order valence-electron chi connectivity index (χ4n) is 2.36. The van der Waals surface area contributed by atoms with Crippen LogP contribution in [0.2, 0.25) is 0 Å². The van der Waals surface area contributed by atoms with Crippen molar-refractivity contribution in [1.29, 1.82) is 0 Å². The van der Waals surface area contributed by atoms with Gasteiger partial charge in [0, 0.05) is 52.5 Å². The topological polar surface area (TPSA) is 69.7 Å². The van der Waals surface area contributed by atoms with Crippen molar-refractivity contribution in [3.05, 3.63) is 0 Å². The summed E-state index contributed by atoms with van der Waals surface area (Å²) in [5.74, 6) is 0.131. The lowest BCUT2D eigenvalue weighted by Crippen LogP contribution is -2.50. The van der Waals surface area contributed by atoms with Gasteiger partial charge < -0.3 is 15.1 Å². The van der Waals surface area contributed by atoms with Crippen LogP contribution in [0.5, 0.6) is 0 Å². The highest BCUT2D eigenvalue weighted by Crippen LogP contribution is 2.04. The summed E-state index contributed by atoms with van der Waals surface area (Å²) in [4.78, 5) is 38.2. The Kier molecular flexibility index (Phi) is 7.79. The van der Waals surface area contributed by atoms with Gasteiger partial charge in [-0.15, -0.1) is 0 Å². The van der Waals surface area contributed by atoms with Crippen LogP contribution in [0.3, 0.4) is 0 Å². The van der Waals surface area contributed by atoms with Gasteiger partial charge in [0.25, 0.3) is 0 Å².